The molecule has 0 radical (unpaired) electrons. The Morgan fingerprint density at radius 2 is 1.95 bits per heavy atom. The number of amides is 1. The molecule has 0 fully saturated rings. The lowest BCUT2D eigenvalue weighted by molar-refractivity contribution is 0.102. The minimum absolute atomic E-state index is 0.104. The molecule has 0 atom stereocenters. The van der Waals surface area contributed by atoms with Crippen LogP contribution in [0.15, 0.2) is 36.4 Å². The first kappa shape index (κ1) is 13.9. The number of anilines is 1. The van der Waals surface area contributed by atoms with E-state index in [-0.39, 0.29) is 11.3 Å². The maximum Gasteiger partial charge on any atom is 0.263 e. The van der Waals surface area contributed by atoms with Gasteiger partial charge in [-0.15, -0.1) is 0 Å². The van der Waals surface area contributed by atoms with Crippen LogP contribution in [0, 0.1) is 13.8 Å². The van der Waals surface area contributed by atoms with E-state index in [1.165, 1.54) is 13.2 Å². The molecule has 0 spiro atoms. The van der Waals surface area contributed by atoms with Crippen LogP contribution in [0.1, 0.15) is 21.5 Å². The van der Waals surface area contributed by atoms with Crippen molar-refractivity contribution in [1.82, 2.24) is 0 Å². The monoisotopic (exact) mass is 271 g/mol. The second-order valence-electron chi connectivity index (χ2n) is 4.63. The predicted octanol–water partition coefficient (Wildman–Crippen LogP) is 3.27. The van der Waals surface area contributed by atoms with Crippen LogP contribution in [0.2, 0.25) is 0 Å². The van der Waals surface area contributed by atoms with E-state index in [0.29, 0.717) is 5.75 Å². The second-order valence-corrected chi connectivity index (χ2v) is 4.63. The number of benzene rings is 2. The molecule has 20 heavy (non-hydrogen) atoms. The van der Waals surface area contributed by atoms with Crippen molar-refractivity contribution in [3.8, 4) is 11.5 Å². The van der Waals surface area contributed by atoms with Crippen molar-refractivity contribution in [2.75, 3.05) is 12.4 Å². The molecular weight excluding hydrogens is 254 g/mol. The standard InChI is InChI=1S/C16H17NO3/c1-10-7-8-11(2)12(9-10)17-16(19)15-13(18)5-4-6-14(15)20-3/h4-9,18H,1-3H3,(H,17,19). The smallest absolute Gasteiger partial charge is 0.263 e. The number of aromatic hydroxyl groups is 1. The number of phenolic OH excluding ortho intramolecular Hbond substituents is 1. The van der Waals surface area contributed by atoms with Crippen molar-refractivity contribution >= 4 is 11.6 Å². The number of hydrogen-bond donors (Lipinski definition) is 2. The van der Waals surface area contributed by atoms with Crippen LogP contribution in [0.25, 0.3) is 0 Å². The molecule has 1 amide bonds. The van der Waals surface area contributed by atoms with Gasteiger partial charge in [0.15, 0.2) is 0 Å². The molecule has 0 aliphatic carbocycles. The number of phenols is 1. The fourth-order valence-corrected chi connectivity index (χ4v) is 1.97. The quantitative estimate of drug-likeness (QED) is 0.900. The third-order valence-corrected chi connectivity index (χ3v) is 3.09. The number of carbonyl (C=O) groups excluding carboxylic acids is 1. The zero-order chi connectivity index (χ0) is 14.7. The molecule has 0 heterocycles. The highest BCUT2D eigenvalue weighted by atomic mass is 16.5. The molecule has 2 aromatic rings. The van der Waals surface area contributed by atoms with Crippen LogP contribution in [0.4, 0.5) is 5.69 Å². The minimum atomic E-state index is -0.395. The SMILES string of the molecule is COc1cccc(O)c1C(=O)Nc1cc(C)ccc1C. The Bertz CT molecular complexity index is 650. The van der Waals surface area contributed by atoms with Crippen LogP contribution in [0.3, 0.4) is 0 Å². The van der Waals surface area contributed by atoms with E-state index < -0.39 is 5.91 Å². The molecule has 0 saturated heterocycles. The lowest BCUT2D eigenvalue weighted by atomic mass is 10.1. The molecule has 2 aromatic carbocycles. The first-order valence-electron chi connectivity index (χ1n) is 6.27. The number of hydrogen-bond acceptors (Lipinski definition) is 3. The highest BCUT2D eigenvalue weighted by Crippen LogP contribution is 2.28. The molecule has 0 saturated carbocycles. The molecule has 0 aliphatic rings. The molecule has 4 nitrogen and oxygen atoms in total. The fourth-order valence-electron chi connectivity index (χ4n) is 1.97. The van der Waals surface area contributed by atoms with E-state index in [0.717, 1.165) is 16.8 Å². The maximum absolute atomic E-state index is 12.3. The average Bonchev–Trinajstić information content (AvgIpc) is 2.42. The Morgan fingerprint density at radius 3 is 2.65 bits per heavy atom. The minimum Gasteiger partial charge on any atom is -0.507 e. The van der Waals surface area contributed by atoms with E-state index in [1.54, 1.807) is 12.1 Å². The van der Waals surface area contributed by atoms with Crippen LogP contribution in [-0.4, -0.2) is 18.1 Å². The van der Waals surface area contributed by atoms with Crippen molar-refractivity contribution in [1.29, 1.82) is 0 Å². The van der Waals surface area contributed by atoms with Gasteiger partial charge in [-0.05, 0) is 43.2 Å². The first-order valence-corrected chi connectivity index (χ1v) is 6.27. The Labute approximate surface area is 118 Å². The van der Waals surface area contributed by atoms with Gasteiger partial charge in [-0.25, -0.2) is 0 Å². The van der Waals surface area contributed by atoms with Gasteiger partial charge in [0.25, 0.3) is 5.91 Å². The summed E-state index contributed by atoms with van der Waals surface area (Å²) < 4.78 is 5.12. The predicted molar refractivity (Wildman–Crippen MR) is 78.5 cm³/mol. The number of rotatable bonds is 3. The van der Waals surface area contributed by atoms with Gasteiger partial charge < -0.3 is 15.2 Å². The van der Waals surface area contributed by atoms with Gasteiger partial charge in [-0.1, -0.05) is 18.2 Å². The van der Waals surface area contributed by atoms with Crippen LogP contribution < -0.4 is 10.1 Å². The van der Waals surface area contributed by atoms with Gasteiger partial charge in [0, 0.05) is 5.69 Å². The summed E-state index contributed by atoms with van der Waals surface area (Å²) in [6.07, 6.45) is 0. The molecule has 2 rings (SSSR count). The summed E-state index contributed by atoms with van der Waals surface area (Å²) in [7, 11) is 1.46. The van der Waals surface area contributed by atoms with E-state index in [1.807, 2.05) is 32.0 Å². The van der Waals surface area contributed by atoms with E-state index in [2.05, 4.69) is 5.32 Å². The van der Waals surface area contributed by atoms with Crippen molar-refractivity contribution < 1.29 is 14.6 Å². The number of carbonyl (C=O) groups is 1. The fraction of sp³-hybridized carbons (Fsp3) is 0.188. The third kappa shape index (κ3) is 2.74. The Morgan fingerprint density at radius 1 is 1.20 bits per heavy atom. The summed E-state index contributed by atoms with van der Waals surface area (Å²) in [6.45, 7) is 3.87. The Balaban J connectivity index is 2.36. The number of ether oxygens (including phenoxy) is 1. The van der Waals surface area contributed by atoms with Crippen molar-refractivity contribution in [2.45, 2.75) is 13.8 Å². The highest BCUT2D eigenvalue weighted by molar-refractivity contribution is 6.08. The van der Waals surface area contributed by atoms with Gasteiger partial charge >= 0.3 is 0 Å². The Hall–Kier alpha value is -2.49. The number of aryl methyl sites for hydroxylation is 2. The van der Waals surface area contributed by atoms with E-state index in [9.17, 15) is 9.90 Å². The summed E-state index contributed by atoms with van der Waals surface area (Å²) in [5, 5.41) is 12.7. The van der Waals surface area contributed by atoms with Gasteiger partial charge in [-0.2, -0.15) is 0 Å². The zero-order valence-electron chi connectivity index (χ0n) is 11.7. The third-order valence-electron chi connectivity index (χ3n) is 3.09. The number of methoxy groups -OCH3 is 1. The summed E-state index contributed by atoms with van der Waals surface area (Å²) in [4.78, 5) is 12.3. The molecule has 104 valence electrons. The summed E-state index contributed by atoms with van der Waals surface area (Å²) >= 11 is 0. The lowest BCUT2D eigenvalue weighted by Crippen LogP contribution is -2.14. The summed E-state index contributed by atoms with van der Waals surface area (Å²) in [6, 6.07) is 10.5. The van der Waals surface area contributed by atoms with Crippen molar-refractivity contribution in [2.24, 2.45) is 0 Å². The highest BCUT2D eigenvalue weighted by Gasteiger charge is 2.17. The average molecular weight is 271 g/mol. The molecule has 0 aromatic heterocycles. The number of nitrogens with one attached hydrogen (secondary N) is 1. The Kier molecular flexibility index (Phi) is 3.94. The van der Waals surface area contributed by atoms with Gasteiger partial charge in [-0.3, -0.25) is 4.79 Å². The molecule has 2 N–H and O–H groups in total. The van der Waals surface area contributed by atoms with Crippen LogP contribution in [0.5, 0.6) is 11.5 Å². The van der Waals surface area contributed by atoms with Crippen LogP contribution in [-0.2, 0) is 0 Å². The molecular formula is C16H17NO3. The summed E-state index contributed by atoms with van der Waals surface area (Å²) in [5.41, 5.74) is 2.87. The van der Waals surface area contributed by atoms with Gasteiger partial charge in [0.1, 0.15) is 17.1 Å². The van der Waals surface area contributed by atoms with Crippen LogP contribution >= 0.6 is 0 Å². The van der Waals surface area contributed by atoms with Gasteiger partial charge in [0.05, 0.1) is 7.11 Å². The van der Waals surface area contributed by atoms with E-state index in [4.69, 9.17) is 4.74 Å². The largest absolute Gasteiger partial charge is 0.507 e. The first-order chi connectivity index (χ1) is 9.52. The lowest BCUT2D eigenvalue weighted by Gasteiger charge is -2.12. The molecule has 0 unspecified atom stereocenters. The zero-order valence-corrected chi connectivity index (χ0v) is 11.7. The van der Waals surface area contributed by atoms with Gasteiger partial charge in [0.2, 0.25) is 0 Å². The second kappa shape index (κ2) is 5.65. The van der Waals surface area contributed by atoms with Crippen molar-refractivity contribution in [3.05, 3.63) is 53.1 Å². The molecule has 4 heteroatoms. The summed E-state index contributed by atoms with van der Waals surface area (Å²) in [5.74, 6) is -0.159. The normalized spacial score (nSPS) is 10.2. The van der Waals surface area contributed by atoms with Crippen molar-refractivity contribution in [3.63, 3.8) is 0 Å². The maximum atomic E-state index is 12.3. The molecule has 0 bridgehead atoms. The topological polar surface area (TPSA) is 58.6 Å². The van der Waals surface area contributed by atoms with E-state index >= 15 is 0 Å². The molecule has 0 aliphatic heterocycles.